The summed E-state index contributed by atoms with van der Waals surface area (Å²) in [5, 5.41) is 11.6. The number of amides is 1. The summed E-state index contributed by atoms with van der Waals surface area (Å²) in [6.07, 6.45) is -0.231. The van der Waals surface area contributed by atoms with Gasteiger partial charge in [0, 0.05) is 6.42 Å². The molecule has 0 spiro atoms. The number of methoxy groups -OCH3 is 1. The van der Waals surface area contributed by atoms with E-state index in [4.69, 9.17) is 9.84 Å². The Kier molecular flexibility index (Phi) is 5.74. The Hall–Kier alpha value is -2.82. The smallest absolute Gasteiger partial charge is 0.303 e. The van der Waals surface area contributed by atoms with E-state index in [1.165, 1.54) is 0 Å². The van der Waals surface area contributed by atoms with Gasteiger partial charge in [-0.05, 0) is 23.3 Å². The van der Waals surface area contributed by atoms with Crippen LogP contribution in [0.5, 0.6) is 5.75 Å². The summed E-state index contributed by atoms with van der Waals surface area (Å²) < 4.78 is 5.15. The van der Waals surface area contributed by atoms with Gasteiger partial charge in [-0.2, -0.15) is 0 Å². The summed E-state index contributed by atoms with van der Waals surface area (Å²) in [4.78, 5) is 22.6. The van der Waals surface area contributed by atoms with Gasteiger partial charge in [0.1, 0.15) is 5.75 Å². The van der Waals surface area contributed by atoms with Crippen LogP contribution < -0.4 is 10.1 Å². The number of rotatable bonds is 7. The first kappa shape index (κ1) is 16.5. The summed E-state index contributed by atoms with van der Waals surface area (Å²) >= 11 is 0. The second-order valence-corrected chi connectivity index (χ2v) is 5.08. The molecular formula is C18H19NO4. The van der Waals surface area contributed by atoms with E-state index in [-0.39, 0.29) is 24.8 Å². The van der Waals surface area contributed by atoms with Gasteiger partial charge >= 0.3 is 5.97 Å². The number of carboxylic acids is 1. The molecule has 0 radical (unpaired) electrons. The minimum Gasteiger partial charge on any atom is -0.497 e. The lowest BCUT2D eigenvalue weighted by Crippen LogP contribution is -2.29. The second kappa shape index (κ2) is 7.98. The Labute approximate surface area is 134 Å². The lowest BCUT2D eigenvalue weighted by atomic mass is 9.98. The maximum absolute atomic E-state index is 12.0. The van der Waals surface area contributed by atoms with Gasteiger partial charge in [-0.3, -0.25) is 9.59 Å². The fourth-order valence-electron chi connectivity index (χ4n) is 2.25. The van der Waals surface area contributed by atoms with Crippen LogP contribution in [0, 0.1) is 0 Å². The molecule has 0 heterocycles. The number of benzene rings is 2. The lowest BCUT2D eigenvalue weighted by molar-refractivity contribution is -0.138. The molecule has 2 aromatic carbocycles. The van der Waals surface area contributed by atoms with Gasteiger partial charge in [0.25, 0.3) is 0 Å². The topological polar surface area (TPSA) is 75.6 Å². The second-order valence-electron chi connectivity index (χ2n) is 5.08. The molecule has 2 aromatic rings. The molecule has 0 fully saturated rings. The van der Waals surface area contributed by atoms with E-state index in [1.807, 2.05) is 54.6 Å². The van der Waals surface area contributed by atoms with E-state index in [0.717, 1.165) is 16.9 Å². The van der Waals surface area contributed by atoms with Gasteiger partial charge in [0.2, 0.25) is 5.91 Å². The number of carbonyl (C=O) groups is 2. The van der Waals surface area contributed by atoms with E-state index >= 15 is 0 Å². The first-order valence-corrected chi connectivity index (χ1v) is 7.30. The predicted octanol–water partition coefficient (Wildman–Crippen LogP) is 2.77. The summed E-state index contributed by atoms with van der Waals surface area (Å²) in [5.41, 5.74) is 1.84. The average Bonchev–Trinajstić information content (AvgIpc) is 2.59. The van der Waals surface area contributed by atoms with Gasteiger partial charge in [0.15, 0.2) is 0 Å². The molecule has 0 aromatic heterocycles. The maximum atomic E-state index is 12.0. The van der Waals surface area contributed by atoms with Crippen molar-refractivity contribution in [3.05, 3.63) is 65.7 Å². The highest BCUT2D eigenvalue weighted by Gasteiger charge is 2.17. The Bertz CT molecular complexity index is 652. The van der Waals surface area contributed by atoms with Crippen molar-refractivity contribution >= 4 is 11.9 Å². The van der Waals surface area contributed by atoms with Crippen molar-refractivity contribution in [2.45, 2.75) is 18.9 Å². The van der Waals surface area contributed by atoms with E-state index < -0.39 is 5.97 Å². The largest absolute Gasteiger partial charge is 0.497 e. The van der Waals surface area contributed by atoms with Crippen molar-refractivity contribution in [3.8, 4) is 5.75 Å². The van der Waals surface area contributed by atoms with Crippen molar-refractivity contribution in [1.29, 1.82) is 0 Å². The standard InChI is InChI=1S/C18H19NO4/c1-23-15-9-7-14(8-10-15)18(13-5-3-2-4-6-13)19-16(20)11-12-17(21)22/h2-10,18H,11-12H2,1H3,(H,19,20)(H,21,22)/t18-/m0/s1. The van der Waals surface area contributed by atoms with E-state index in [2.05, 4.69) is 5.32 Å². The van der Waals surface area contributed by atoms with Crippen LogP contribution in [0.1, 0.15) is 30.0 Å². The van der Waals surface area contributed by atoms with Crippen molar-refractivity contribution in [1.82, 2.24) is 5.32 Å². The van der Waals surface area contributed by atoms with Crippen LogP contribution in [-0.4, -0.2) is 24.1 Å². The SMILES string of the molecule is COc1ccc([C@@H](NC(=O)CCC(=O)O)c2ccccc2)cc1. The Morgan fingerprint density at radius 2 is 1.61 bits per heavy atom. The fourth-order valence-corrected chi connectivity index (χ4v) is 2.25. The molecule has 0 aliphatic rings. The highest BCUT2D eigenvalue weighted by Crippen LogP contribution is 2.24. The first-order chi connectivity index (χ1) is 11.1. The quantitative estimate of drug-likeness (QED) is 0.824. The third kappa shape index (κ3) is 4.85. The summed E-state index contributed by atoms with van der Waals surface area (Å²) in [5.74, 6) is -0.546. The predicted molar refractivity (Wildman–Crippen MR) is 86.3 cm³/mol. The van der Waals surface area contributed by atoms with E-state index in [1.54, 1.807) is 7.11 Å². The number of ether oxygens (including phenoxy) is 1. The number of hydrogen-bond donors (Lipinski definition) is 2. The molecule has 0 bridgehead atoms. The monoisotopic (exact) mass is 313 g/mol. The number of hydrogen-bond acceptors (Lipinski definition) is 3. The van der Waals surface area contributed by atoms with Gasteiger partial charge < -0.3 is 15.2 Å². The van der Waals surface area contributed by atoms with Crippen molar-refractivity contribution in [2.75, 3.05) is 7.11 Å². The molecule has 1 amide bonds. The fraction of sp³-hybridized carbons (Fsp3) is 0.222. The number of nitrogens with one attached hydrogen (secondary N) is 1. The van der Waals surface area contributed by atoms with Crippen molar-refractivity contribution in [2.24, 2.45) is 0 Å². The van der Waals surface area contributed by atoms with Crippen LogP contribution >= 0.6 is 0 Å². The minimum atomic E-state index is -0.985. The molecule has 0 aliphatic heterocycles. The zero-order valence-electron chi connectivity index (χ0n) is 12.9. The average molecular weight is 313 g/mol. The molecule has 0 saturated heterocycles. The first-order valence-electron chi connectivity index (χ1n) is 7.30. The highest BCUT2D eigenvalue weighted by molar-refractivity contribution is 5.81. The van der Waals surface area contributed by atoms with E-state index in [0.29, 0.717) is 0 Å². The molecule has 1 atom stereocenters. The van der Waals surface area contributed by atoms with Crippen LogP contribution in [0.2, 0.25) is 0 Å². The number of aliphatic carboxylic acids is 1. The van der Waals surface area contributed by atoms with Crippen LogP contribution in [0.4, 0.5) is 0 Å². The molecule has 0 aliphatic carbocycles. The Morgan fingerprint density at radius 3 is 2.17 bits per heavy atom. The van der Waals surface area contributed by atoms with Crippen LogP contribution in [0.25, 0.3) is 0 Å². The molecule has 120 valence electrons. The van der Waals surface area contributed by atoms with Crippen LogP contribution in [0.3, 0.4) is 0 Å². The summed E-state index contributed by atoms with van der Waals surface area (Å²) in [7, 11) is 1.59. The van der Waals surface area contributed by atoms with Gasteiger partial charge in [-0.15, -0.1) is 0 Å². The highest BCUT2D eigenvalue weighted by atomic mass is 16.5. The molecule has 5 nitrogen and oxygen atoms in total. The van der Waals surface area contributed by atoms with Crippen LogP contribution in [0.15, 0.2) is 54.6 Å². The van der Waals surface area contributed by atoms with Gasteiger partial charge in [-0.1, -0.05) is 42.5 Å². The number of carbonyl (C=O) groups excluding carboxylic acids is 1. The normalized spacial score (nSPS) is 11.5. The zero-order valence-corrected chi connectivity index (χ0v) is 12.9. The summed E-state index contributed by atoms with van der Waals surface area (Å²) in [6.45, 7) is 0. The molecular weight excluding hydrogens is 294 g/mol. The van der Waals surface area contributed by atoms with Crippen LogP contribution in [-0.2, 0) is 9.59 Å². The molecule has 5 heteroatoms. The van der Waals surface area contributed by atoms with Crippen molar-refractivity contribution < 1.29 is 19.4 Å². The van der Waals surface area contributed by atoms with Gasteiger partial charge in [-0.25, -0.2) is 0 Å². The third-order valence-electron chi connectivity index (χ3n) is 3.45. The third-order valence-corrected chi connectivity index (χ3v) is 3.45. The number of carboxylic acid groups (broad SMARTS) is 1. The van der Waals surface area contributed by atoms with Crippen molar-refractivity contribution in [3.63, 3.8) is 0 Å². The zero-order chi connectivity index (χ0) is 16.7. The lowest BCUT2D eigenvalue weighted by Gasteiger charge is -2.20. The minimum absolute atomic E-state index is 0.0468. The van der Waals surface area contributed by atoms with E-state index in [9.17, 15) is 9.59 Å². The molecule has 2 N–H and O–H groups in total. The Balaban J connectivity index is 2.21. The molecule has 0 unspecified atom stereocenters. The maximum Gasteiger partial charge on any atom is 0.303 e. The molecule has 23 heavy (non-hydrogen) atoms. The summed E-state index contributed by atoms with van der Waals surface area (Å²) in [6, 6.07) is 16.6. The van der Waals surface area contributed by atoms with Gasteiger partial charge in [0.05, 0.1) is 19.6 Å². The molecule has 0 saturated carbocycles. The molecule has 2 rings (SSSR count). The Morgan fingerprint density at radius 1 is 1.00 bits per heavy atom.